The fraction of sp³-hybridized carbons (Fsp3) is 0.727. The van der Waals surface area contributed by atoms with Crippen molar-refractivity contribution in [3.63, 3.8) is 0 Å². The molecule has 23 heavy (non-hydrogen) atoms. The molecule has 0 amide bonds. The van der Waals surface area contributed by atoms with Gasteiger partial charge in [0.05, 0.1) is 18.1 Å². The van der Waals surface area contributed by atoms with Crippen molar-refractivity contribution in [2.45, 2.75) is 37.9 Å². The maximum absolute atomic E-state index is 13.0. The normalized spacial score (nSPS) is 23.7. The highest BCUT2D eigenvalue weighted by Crippen LogP contribution is 2.50. The molecular formula is C11H12F6O5S. The number of rotatable bonds is 3. The van der Waals surface area contributed by atoms with Gasteiger partial charge in [-0.2, -0.15) is 34.8 Å². The molecule has 0 heterocycles. The minimum Gasteiger partial charge on any atom is -0.466 e. The largest absolute Gasteiger partial charge is 0.534 e. The predicted octanol–water partition coefficient (Wildman–Crippen LogP) is 3.03. The van der Waals surface area contributed by atoms with Gasteiger partial charge in [-0.3, -0.25) is 0 Å². The van der Waals surface area contributed by atoms with Crippen molar-refractivity contribution in [2.75, 3.05) is 7.11 Å². The third-order valence-corrected chi connectivity index (χ3v) is 4.40. The van der Waals surface area contributed by atoms with Crippen molar-refractivity contribution in [1.82, 2.24) is 0 Å². The molecule has 1 unspecified atom stereocenters. The number of esters is 1. The van der Waals surface area contributed by atoms with Gasteiger partial charge in [0.2, 0.25) is 0 Å². The standard InChI is InChI=1S/C11H12F6O5S/c1-9(10(12,13)14)4-3-7(6(5-9)8(18)21-2)22-23(19,20)11(15,16)17/h3-5H2,1-2H3. The van der Waals surface area contributed by atoms with Crippen molar-refractivity contribution >= 4 is 16.1 Å². The van der Waals surface area contributed by atoms with Crippen LogP contribution < -0.4 is 0 Å². The monoisotopic (exact) mass is 370 g/mol. The maximum atomic E-state index is 13.0. The lowest BCUT2D eigenvalue weighted by atomic mass is 9.74. The van der Waals surface area contributed by atoms with Crippen molar-refractivity contribution in [1.29, 1.82) is 0 Å². The fourth-order valence-electron chi connectivity index (χ4n) is 1.94. The second kappa shape index (κ2) is 5.87. The molecule has 0 fully saturated rings. The van der Waals surface area contributed by atoms with Gasteiger partial charge in [0.25, 0.3) is 0 Å². The molecule has 5 nitrogen and oxygen atoms in total. The minimum absolute atomic E-state index is 0.736. The second-order valence-electron chi connectivity index (χ2n) is 5.11. The Labute approximate surface area is 127 Å². The molecule has 1 rings (SSSR count). The van der Waals surface area contributed by atoms with Crippen LogP contribution in [-0.4, -0.2) is 33.2 Å². The Kier molecular flexibility index (Phi) is 5.00. The first kappa shape index (κ1) is 19.6. The summed E-state index contributed by atoms with van der Waals surface area (Å²) >= 11 is 0. The first-order valence-electron chi connectivity index (χ1n) is 6.02. The number of carbonyl (C=O) groups is 1. The van der Waals surface area contributed by atoms with Gasteiger partial charge >= 0.3 is 27.8 Å². The van der Waals surface area contributed by atoms with Crippen LogP contribution in [0.25, 0.3) is 0 Å². The van der Waals surface area contributed by atoms with Gasteiger partial charge in [0, 0.05) is 6.42 Å². The first-order chi connectivity index (χ1) is 10.1. The van der Waals surface area contributed by atoms with E-state index in [4.69, 9.17) is 0 Å². The van der Waals surface area contributed by atoms with Crippen LogP contribution in [0.1, 0.15) is 26.2 Å². The number of hydrogen-bond donors (Lipinski definition) is 0. The lowest BCUT2D eigenvalue weighted by molar-refractivity contribution is -0.222. The van der Waals surface area contributed by atoms with Crippen molar-refractivity contribution in [3.8, 4) is 0 Å². The van der Waals surface area contributed by atoms with Gasteiger partial charge in [0.15, 0.2) is 0 Å². The van der Waals surface area contributed by atoms with Gasteiger partial charge in [-0.1, -0.05) is 6.92 Å². The number of hydrogen-bond acceptors (Lipinski definition) is 5. The Balaban J connectivity index is 3.30. The highest BCUT2D eigenvalue weighted by atomic mass is 32.2. The zero-order chi connectivity index (χ0) is 18.3. The fourth-order valence-corrected chi connectivity index (χ4v) is 2.48. The van der Waals surface area contributed by atoms with E-state index in [-0.39, 0.29) is 0 Å². The molecule has 0 saturated heterocycles. The molecule has 1 aliphatic rings. The number of allylic oxidation sites excluding steroid dienone is 1. The molecule has 0 radical (unpaired) electrons. The van der Waals surface area contributed by atoms with Crippen LogP contribution in [0, 0.1) is 5.41 Å². The van der Waals surface area contributed by atoms with E-state index < -0.39 is 63.8 Å². The van der Waals surface area contributed by atoms with E-state index >= 15 is 0 Å². The molecule has 0 aromatic heterocycles. The second-order valence-corrected chi connectivity index (χ2v) is 6.65. The summed E-state index contributed by atoms with van der Waals surface area (Å²) in [6, 6.07) is 0. The van der Waals surface area contributed by atoms with Crippen molar-refractivity contribution in [3.05, 3.63) is 11.3 Å². The molecule has 1 aliphatic carbocycles. The molecule has 134 valence electrons. The third-order valence-electron chi connectivity index (χ3n) is 3.42. The van der Waals surface area contributed by atoms with Gasteiger partial charge in [-0.05, 0) is 12.8 Å². The van der Waals surface area contributed by atoms with E-state index in [1.165, 1.54) is 0 Å². The lowest BCUT2D eigenvalue weighted by Crippen LogP contribution is -2.39. The van der Waals surface area contributed by atoms with Crippen molar-refractivity contribution < 1.29 is 48.5 Å². The molecule has 0 aliphatic heterocycles. The van der Waals surface area contributed by atoms with E-state index in [1.54, 1.807) is 0 Å². The summed E-state index contributed by atoms with van der Waals surface area (Å²) in [7, 11) is -5.30. The summed E-state index contributed by atoms with van der Waals surface area (Å²) in [6.45, 7) is 0.769. The lowest BCUT2D eigenvalue weighted by Gasteiger charge is -2.36. The van der Waals surface area contributed by atoms with Crippen LogP contribution in [0.3, 0.4) is 0 Å². The smallest absolute Gasteiger partial charge is 0.466 e. The maximum Gasteiger partial charge on any atom is 0.534 e. The quantitative estimate of drug-likeness (QED) is 0.331. The van der Waals surface area contributed by atoms with Crippen LogP contribution in [0.15, 0.2) is 11.3 Å². The Morgan fingerprint density at radius 1 is 1.17 bits per heavy atom. The zero-order valence-corrected chi connectivity index (χ0v) is 12.7. The summed E-state index contributed by atoms with van der Waals surface area (Å²) < 4.78 is 106. The SMILES string of the molecule is COC(=O)C1=C(OS(=O)(=O)C(F)(F)F)CCC(C)(C(F)(F)F)C1. The van der Waals surface area contributed by atoms with Gasteiger partial charge in [-0.15, -0.1) is 0 Å². The van der Waals surface area contributed by atoms with E-state index in [2.05, 4.69) is 8.92 Å². The van der Waals surface area contributed by atoms with Crippen molar-refractivity contribution in [2.24, 2.45) is 5.41 Å². The van der Waals surface area contributed by atoms with Crippen LogP contribution in [0.5, 0.6) is 0 Å². The molecular weight excluding hydrogens is 358 g/mol. The zero-order valence-electron chi connectivity index (χ0n) is 11.8. The summed E-state index contributed by atoms with van der Waals surface area (Å²) in [6.07, 6.45) is -7.35. The van der Waals surface area contributed by atoms with Gasteiger partial charge in [-0.25, -0.2) is 4.79 Å². The molecule has 1 atom stereocenters. The summed E-state index contributed by atoms with van der Waals surface area (Å²) in [5.74, 6) is -2.37. The van der Waals surface area contributed by atoms with Crippen LogP contribution >= 0.6 is 0 Å². The highest BCUT2D eigenvalue weighted by molar-refractivity contribution is 7.87. The molecule has 0 aromatic carbocycles. The van der Waals surface area contributed by atoms with E-state index in [0.29, 0.717) is 0 Å². The molecule has 0 spiro atoms. The number of carbonyl (C=O) groups excluding carboxylic acids is 1. The Bertz CT molecular complexity index is 618. The topological polar surface area (TPSA) is 69.7 Å². The van der Waals surface area contributed by atoms with Crippen LogP contribution in [0.4, 0.5) is 26.3 Å². The Morgan fingerprint density at radius 2 is 1.70 bits per heavy atom. The third kappa shape index (κ3) is 3.90. The van der Waals surface area contributed by atoms with E-state index in [1.807, 2.05) is 0 Å². The molecule has 0 N–H and O–H groups in total. The highest BCUT2D eigenvalue weighted by Gasteiger charge is 2.55. The summed E-state index contributed by atoms with van der Waals surface area (Å²) in [5, 5.41) is 0. The van der Waals surface area contributed by atoms with E-state index in [0.717, 1.165) is 14.0 Å². The van der Waals surface area contributed by atoms with Crippen LogP contribution in [-0.2, 0) is 23.8 Å². The number of halogens is 6. The Hall–Kier alpha value is -1.46. The number of methoxy groups -OCH3 is 1. The average molecular weight is 370 g/mol. The number of alkyl halides is 6. The molecule has 0 bridgehead atoms. The van der Waals surface area contributed by atoms with Gasteiger partial charge in [0.1, 0.15) is 5.76 Å². The number of ether oxygens (including phenoxy) is 1. The summed E-state index contributed by atoms with van der Waals surface area (Å²) in [5.41, 5.74) is -9.07. The Morgan fingerprint density at radius 3 is 2.09 bits per heavy atom. The first-order valence-corrected chi connectivity index (χ1v) is 7.43. The molecule has 12 heteroatoms. The molecule has 0 saturated carbocycles. The predicted molar refractivity (Wildman–Crippen MR) is 63.1 cm³/mol. The average Bonchev–Trinajstić information content (AvgIpc) is 2.37. The van der Waals surface area contributed by atoms with Gasteiger partial charge < -0.3 is 8.92 Å². The minimum atomic E-state index is -6.09. The van der Waals surface area contributed by atoms with Crippen LogP contribution in [0.2, 0.25) is 0 Å². The molecule has 0 aromatic rings. The summed E-state index contributed by atoms with van der Waals surface area (Å²) in [4.78, 5) is 11.5. The van der Waals surface area contributed by atoms with E-state index in [9.17, 15) is 39.6 Å².